The van der Waals surface area contributed by atoms with E-state index >= 15 is 0 Å². The number of nitrogens with one attached hydrogen (secondary N) is 1. The highest BCUT2D eigenvalue weighted by Crippen LogP contribution is 2.15. The van der Waals surface area contributed by atoms with Gasteiger partial charge in [0.15, 0.2) is 0 Å². The summed E-state index contributed by atoms with van der Waals surface area (Å²) < 4.78 is 0. The molecule has 10 heteroatoms. The maximum Gasteiger partial charge on any atom is 0.317 e. The monoisotopic (exact) mass is 388 g/mol. The topological polar surface area (TPSA) is 139 Å². The molecule has 1 aromatic rings. The average molecular weight is 388 g/mol. The number of carbonyl (C=O) groups is 3. The molecule has 10 nitrogen and oxygen atoms in total. The van der Waals surface area contributed by atoms with Crippen LogP contribution in [0.3, 0.4) is 0 Å². The fourth-order valence-electron chi connectivity index (χ4n) is 2.90. The Balaban J connectivity index is 1.71. The lowest BCUT2D eigenvalue weighted by molar-refractivity contribution is -0.137. The molecule has 1 fully saturated rings. The Morgan fingerprint density at radius 2 is 1.68 bits per heavy atom. The van der Waals surface area contributed by atoms with Crippen LogP contribution < -0.4 is 5.32 Å². The summed E-state index contributed by atoms with van der Waals surface area (Å²) in [5.74, 6) is -0.922. The lowest BCUT2D eigenvalue weighted by Gasteiger charge is -2.34. The molecule has 2 rings (SSSR count). The fraction of sp³-hybridized carbons (Fsp3) is 0.500. The molecule has 0 spiro atoms. The van der Waals surface area contributed by atoms with Crippen LogP contribution in [0.25, 0.3) is 10.4 Å². The van der Waals surface area contributed by atoms with Crippen LogP contribution in [0.15, 0.2) is 29.4 Å². The van der Waals surface area contributed by atoms with E-state index in [1.54, 1.807) is 34.1 Å². The van der Waals surface area contributed by atoms with Crippen LogP contribution in [-0.2, 0) is 4.79 Å². The molecule has 0 bridgehead atoms. The number of hydrogen-bond acceptors (Lipinski definition) is 4. The lowest BCUT2D eigenvalue weighted by atomic mass is 10.1. The first-order valence-corrected chi connectivity index (χ1v) is 9.20. The zero-order valence-corrected chi connectivity index (χ0v) is 15.6. The number of carbonyl (C=O) groups excluding carboxylic acids is 2. The molecule has 1 aromatic carbocycles. The molecular formula is C18H24N6O4. The Morgan fingerprint density at radius 3 is 2.29 bits per heavy atom. The standard InChI is InChI=1S/C18H24N6O4/c19-22-21-15-7-5-14(6-8-15)17(27)23-10-12-24(13-11-23)18(28)20-9-3-1-2-4-16(25)26/h5-8H,1-4,9-13H2,(H,20,28)(H,25,26). The molecule has 0 aromatic heterocycles. The number of rotatable bonds is 8. The van der Waals surface area contributed by atoms with Gasteiger partial charge in [0.1, 0.15) is 0 Å². The molecule has 28 heavy (non-hydrogen) atoms. The maximum atomic E-state index is 12.5. The zero-order chi connectivity index (χ0) is 20.4. The second kappa shape index (κ2) is 10.8. The maximum absolute atomic E-state index is 12.5. The Bertz CT molecular complexity index is 737. The van der Waals surface area contributed by atoms with Crippen LogP contribution in [0.2, 0.25) is 0 Å². The third kappa shape index (κ3) is 6.48. The summed E-state index contributed by atoms with van der Waals surface area (Å²) in [5.41, 5.74) is 9.37. The van der Waals surface area contributed by atoms with Crippen LogP contribution in [0.1, 0.15) is 36.0 Å². The van der Waals surface area contributed by atoms with E-state index in [0.717, 1.165) is 12.8 Å². The molecule has 1 aliphatic heterocycles. The summed E-state index contributed by atoms with van der Waals surface area (Å²) in [4.78, 5) is 41.2. The van der Waals surface area contributed by atoms with Gasteiger partial charge >= 0.3 is 12.0 Å². The molecule has 0 aliphatic carbocycles. The van der Waals surface area contributed by atoms with Crippen molar-refractivity contribution in [2.24, 2.45) is 5.11 Å². The average Bonchev–Trinajstić information content (AvgIpc) is 2.70. The molecule has 3 amide bonds. The summed E-state index contributed by atoms with van der Waals surface area (Å²) in [6.07, 6.45) is 2.25. The van der Waals surface area contributed by atoms with Gasteiger partial charge in [-0.25, -0.2) is 4.79 Å². The molecule has 150 valence electrons. The summed E-state index contributed by atoms with van der Waals surface area (Å²) >= 11 is 0. The number of amides is 3. The Labute approximate surface area is 162 Å². The molecule has 1 saturated heterocycles. The first-order chi connectivity index (χ1) is 13.5. The summed E-state index contributed by atoms with van der Waals surface area (Å²) in [7, 11) is 0. The van der Waals surface area contributed by atoms with Gasteiger partial charge in [0.2, 0.25) is 0 Å². The second-order valence-electron chi connectivity index (χ2n) is 6.45. The van der Waals surface area contributed by atoms with Gasteiger partial charge in [-0.05, 0) is 30.5 Å². The number of aliphatic carboxylic acids is 1. The number of urea groups is 1. The van der Waals surface area contributed by atoms with E-state index in [2.05, 4.69) is 15.3 Å². The molecule has 0 atom stereocenters. The van der Waals surface area contributed by atoms with E-state index in [1.807, 2.05) is 0 Å². The lowest BCUT2D eigenvalue weighted by Crippen LogP contribution is -2.53. The van der Waals surface area contributed by atoms with Gasteiger partial charge in [-0.1, -0.05) is 23.7 Å². The predicted octanol–water partition coefficient (Wildman–Crippen LogP) is 2.74. The summed E-state index contributed by atoms with van der Waals surface area (Å²) in [6, 6.07) is 6.26. The van der Waals surface area contributed by atoms with Gasteiger partial charge in [0, 0.05) is 55.3 Å². The molecule has 2 N–H and O–H groups in total. The largest absolute Gasteiger partial charge is 0.481 e. The Morgan fingerprint density at radius 1 is 1.04 bits per heavy atom. The number of hydrogen-bond donors (Lipinski definition) is 2. The third-order valence-electron chi connectivity index (χ3n) is 4.47. The molecule has 1 aliphatic rings. The number of piperazine rings is 1. The van der Waals surface area contributed by atoms with Gasteiger partial charge in [-0.2, -0.15) is 0 Å². The number of azide groups is 1. The van der Waals surface area contributed by atoms with Crippen LogP contribution >= 0.6 is 0 Å². The van der Waals surface area contributed by atoms with Crippen molar-refractivity contribution in [1.29, 1.82) is 0 Å². The van der Waals surface area contributed by atoms with E-state index in [0.29, 0.717) is 50.4 Å². The van der Waals surface area contributed by atoms with Crippen molar-refractivity contribution in [1.82, 2.24) is 15.1 Å². The van der Waals surface area contributed by atoms with Gasteiger partial charge in [-0.3, -0.25) is 9.59 Å². The number of carboxylic acid groups (broad SMARTS) is 1. The Hall–Kier alpha value is -3.26. The molecule has 0 radical (unpaired) electrons. The highest BCUT2D eigenvalue weighted by Gasteiger charge is 2.24. The van der Waals surface area contributed by atoms with Crippen LogP contribution in [0.5, 0.6) is 0 Å². The third-order valence-corrected chi connectivity index (χ3v) is 4.47. The van der Waals surface area contributed by atoms with E-state index in [-0.39, 0.29) is 18.4 Å². The normalized spacial score (nSPS) is 13.6. The van der Waals surface area contributed by atoms with Gasteiger partial charge in [0.25, 0.3) is 5.91 Å². The van der Waals surface area contributed by atoms with E-state index < -0.39 is 5.97 Å². The van der Waals surface area contributed by atoms with Crippen molar-refractivity contribution < 1.29 is 19.5 Å². The minimum Gasteiger partial charge on any atom is -0.481 e. The van der Waals surface area contributed by atoms with Gasteiger partial charge < -0.3 is 20.2 Å². The SMILES string of the molecule is [N-]=[N+]=Nc1ccc(C(=O)N2CCN(C(=O)NCCCCCC(=O)O)CC2)cc1. The van der Waals surface area contributed by atoms with Crippen molar-refractivity contribution in [2.45, 2.75) is 25.7 Å². The van der Waals surface area contributed by atoms with Gasteiger partial charge in [-0.15, -0.1) is 0 Å². The highest BCUT2D eigenvalue weighted by atomic mass is 16.4. The quantitative estimate of drug-likeness (QED) is 0.306. The minimum atomic E-state index is -0.803. The smallest absolute Gasteiger partial charge is 0.317 e. The van der Waals surface area contributed by atoms with E-state index in [9.17, 15) is 14.4 Å². The number of benzene rings is 1. The Kier molecular flexibility index (Phi) is 8.11. The van der Waals surface area contributed by atoms with Crippen LogP contribution in [0.4, 0.5) is 10.5 Å². The highest BCUT2D eigenvalue weighted by molar-refractivity contribution is 5.94. The van der Waals surface area contributed by atoms with Crippen molar-refractivity contribution in [3.05, 3.63) is 40.3 Å². The van der Waals surface area contributed by atoms with E-state index in [1.165, 1.54) is 0 Å². The van der Waals surface area contributed by atoms with Crippen molar-refractivity contribution >= 4 is 23.6 Å². The van der Waals surface area contributed by atoms with E-state index in [4.69, 9.17) is 10.6 Å². The minimum absolute atomic E-state index is 0.119. The van der Waals surface area contributed by atoms with Crippen LogP contribution in [0, 0.1) is 0 Å². The van der Waals surface area contributed by atoms with Crippen molar-refractivity contribution in [2.75, 3.05) is 32.7 Å². The predicted molar refractivity (Wildman–Crippen MR) is 102 cm³/mol. The zero-order valence-electron chi connectivity index (χ0n) is 15.6. The number of nitrogens with zero attached hydrogens (tertiary/aromatic N) is 5. The molecule has 0 unspecified atom stereocenters. The molecular weight excluding hydrogens is 364 g/mol. The summed E-state index contributed by atoms with van der Waals surface area (Å²) in [5, 5.41) is 14.9. The first-order valence-electron chi connectivity index (χ1n) is 9.20. The van der Waals surface area contributed by atoms with Crippen molar-refractivity contribution in [3.8, 4) is 0 Å². The van der Waals surface area contributed by atoms with Gasteiger partial charge in [0.05, 0.1) is 0 Å². The fourth-order valence-corrected chi connectivity index (χ4v) is 2.90. The number of carboxylic acids is 1. The number of unbranched alkanes of at least 4 members (excludes halogenated alkanes) is 2. The molecule has 1 heterocycles. The second-order valence-corrected chi connectivity index (χ2v) is 6.45. The first kappa shape index (κ1) is 21.0. The van der Waals surface area contributed by atoms with Crippen molar-refractivity contribution in [3.63, 3.8) is 0 Å². The van der Waals surface area contributed by atoms with Crippen LogP contribution in [-0.4, -0.2) is 65.5 Å². The molecule has 0 saturated carbocycles. The summed E-state index contributed by atoms with van der Waals surface area (Å²) in [6.45, 7) is 2.31.